The lowest BCUT2D eigenvalue weighted by molar-refractivity contribution is -0.142. The van der Waals surface area contributed by atoms with Crippen LogP contribution in [0.25, 0.3) is 0 Å². The molecule has 0 aliphatic heterocycles. The summed E-state index contributed by atoms with van der Waals surface area (Å²) in [4.78, 5) is 15.1. The molecule has 1 aliphatic carbocycles. The first-order valence-corrected chi connectivity index (χ1v) is 8.11. The highest BCUT2D eigenvalue weighted by atomic mass is 32.2. The average Bonchev–Trinajstić information content (AvgIpc) is 2.67. The number of hydrogen-bond donors (Lipinski definition) is 2. The highest BCUT2D eigenvalue weighted by Crippen LogP contribution is 2.25. The van der Waals surface area contributed by atoms with E-state index in [1.54, 1.807) is 7.05 Å². The van der Waals surface area contributed by atoms with Crippen molar-refractivity contribution >= 4 is 16.0 Å². The lowest BCUT2D eigenvalue weighted by Crippen LogP contribution is -2.42. The Morgan fingerprint density at radius 1 is 1.40 bits per heavy atom. The Balaban J connectivity index is 2.19. The van der Waals surface area contributed by atoms with E-state index < -0.39 is 28.0 Å². The van der Waals surface area contributed by atoms with E-state index in [0.29, 0.717) is 12.8 Å². The number of carboxylic acid groups (broad SMARTS) is 1. The second kappa shape index (κ2) is 5.92. The van der Waals surface area contributed by atoms with Crippen molar-refractivity contribution in [3.63, 3.8) is 0 Å². The first-order valence-electron chi connectivity index (χ1n) is 6.63. The molecule has 2 atom stereocenters. The van der Waals surface area contributed by atoms with Gasteiger partial charge in [0.1, 0.15) is 0 Å². The lowest BCUT2D eigenvalue weighted by Gasteiger charge is -2.22. The fraction of sp³-hybridized carbons (Fsp3) is 0.667. The van der Waals surface area contributed by atoms with Gasteiger partial charge in [-0.15, -0.1) is 0 Å². The molecule has 1 fully saturated rings. The van der Waals surface area contributed by atoms with Crippen LogP contribution in [-0.4, -0.2) is 35.1 Å². The molecule has 20 heavy (non-hydrogen) atoms. The minimum Gasteiger partial charge on any atom is -0.481 e. The van der Waals surface area contributed by atoms with Gasteiger partial charge >= 0.3 is 5.97 Å². The van der Waals surface area contributed by atoms with E-state index in [4.69, 9.17) is 0 Å². The van der Waals surface area contributed by atoms with Crippen LogP contribution in [0.4, 0.5) is 0 Å². The van der Waals surface area contributed by atoms with Crippen molar-refractivity contribution in [2.45, 2.75) is 43.2 Å². The number of nitrogens with one attached hydrogen (secondary N) is 1. The van der Waals surface area contributed by atoms with Crippen molar-refractivity contribution in [1.82, 2.24) is 14.3 Å². The van der Waals surface area contributed by atoms with Crippen LogP contribution >= 0.6 is 0 Å². The number of carbonyl (C=O) groups is 1. The van der Waals surface area contributed by atoms with Gasteiger partial charge in [0.2, 0.25) is 0 Å². The summed E-state index contributed by atoms with van der Waals surface area (Å²) < 4.78 is 28.5. The molecule has 0 aromatic carbocycles. The van der Waals surface area contributed by atoms with Crippen molar-refractivity contribution in [3.8, 4) is 0 Å². The molecule has 0 spiro atoms. The average molecular weight is 301 g/mol. The molecule has 2 N–H and O–H groups in total. The van der Waals surface area contributed by atoms with Gasteiger partial charge in [0.25, 0.3) is 10.0 Å². The van der Waals surface area contributed by atoms with Gasteiger partial charge in [0.05, 0.1) is 12.2 Å². The Labute approximate surface area is 118 Å². The second-order valence-electron chi connectivity index (χ2n) is 5.19. The predicted molar refractivity (Wildman–Crippen MR) is 71.5 cm³/mol. The topological polar surface area (TPSA) is 101 Å². The van der Waals surface area contributed by atoms with E-state index in [1.807, 2.05) is 0 Å². The zero-order chi connectivity index (χ0) is 14.8. The summed E-state index contributed by atoms with van der Waals surface area (Å²) in [6.07, 6.45) is 6.43. The fourth-order valence-corrected chi connectivity index (χ4v) is 3.82. The van der Waals surface area contributed by atoms with Crippen LogP contribution in [0.5, 0.6) is 0 Å². The molecule has 0 saturated heterocycles. The van der Waals surface area contributed by atoms with Crippen LogP contribution in [0.3, 0.4) is 0 Å². The molecule has 0 bridgehead atoms. The molecule has 1 aromatic heterocycles. The van der Waals surface area contributed by atoms with E-state index in [2.05, 4.69) is 9.71 Å². The van der Waals surface area contributed by atoms with Crippen molar-refractivity contribution in [1.29, 1.82) is 0 Å². The predicted octanol–water partition coefficient (Wildman–Crippen LogP) is 0.732. The van der Waals surface area contributed by atoms with E-state index >= 15 is 0 Å². The first kappa shape index (κ1) is 15.0. The van der Waals surface area contributed by atoms with Crippen molar-refractivity contribution in [3.05, 3.63) is 12.5 Å². The molecule has 1 saturated carbocycles. The summed E-state index contributed by atoms with van der Waals surface area (Å²) in [6, 6.07) is -0.568. The van der Waals surface area contributed by atoms with Crippen LogP contribution in [0.2, 0.25) is 0 Å². The Hall–Kier alpha value is -1.41. The van der Waals surface area contributed by atoms with Crippen LogP contribution < -0.4 is 4.72 Å². The maximum absolute atomic E-state index is 12.2. The van der Waals surface area contributed by atoms with Gasteiger partial charge in [-0.25, -0.2) is 18.1 Å². The minimum atomic E-state index is -3.77. The molecule has 8 heteroatoms. The Kier molecular flexibility index (Phi) is 4.44. The summed E-state index contributed by atoms with van der Waals surface area (Å²) in [5, 5.41) is 9.18. The molecule has 7 nitrogen and oxygen atoms in total. The quantitative estimate of drug-likeness (QED) is 0.798. The van der Waals surface area contributed by atoms with E-state index in [1.165, 1.54) is 17.1 Å². The smallest absolute Gasteiger partial charge is 0.308 e. The monoisotopic (exact) mass is 301 g/mol. The summed E-state index contributed by atoms with van der Waals surface area (Å²) >= 11 is 0. The van der Waals surface area contributed by atoms with E-state index in [-0.39, 0.29) is 5.03 Å². The molecule has 1 aromatic rings. The Bertz CT molecular complexity index is 581. The number of aliphatic carboxylic acids is 1. The van der Waals surface area contributed by atoms with Gasteiger partial charge in [-0.2, -0.15) is 0 Å². The van der Waals surface area contributed by atoms with E-state index in [9.17, 15) is 18.3 Å². The maximum Gasteiger partial charge on any atom is 0.308 e. The third kappa shape index (κ3) is 3.37. The number of aromatic nitrogens is 2. The number of sulfonamides is 1. The number of aryl methyl sites for hydroxylation is 1. The van der Waals surface area contributed by atoms with Gasteiger partial charge in [-0.3, -0.25) is 4.79 Å². The highest BCUT2D eigenvalue weighted by molar-refractivity contribution is 7.89. The van der Waals surface area contributed by atoms with Crippen LogP contribution in [-0.2, 0) is 21.9 Å². The minimum absolute atomic E-state index is 0.0756. The second-order valence-corrected chi connectivity index (χ2v) is 6.85. The fourth-order valence-electron chi connectivity index (χ4n) is 2.53. The molecule has 2 unspecified atom stereocenters. The molecule has 0 radical (unpaired) electrons. The van der Waals surface area contributed by atoms with Crippen molar-refractivity contribution in [2.75, 3.05) is 0 Å². The lowest BCUT2D eigenvalue weighted by atomic mass is 9.96. The maximum atomic E-state index is 12.2. The zero-order valence-electron chi connectivity index (χ0n) is 11.3. The molecular formula is C12H19N3O4S. The Morgan fingerprint density at radius 2 is 2.10 bits per heavy atom. The van der Waals surface area contributed by atoms with Crippen molar-refractivity contribution in [2.24, 2.45) is 13.0 Å². The van der Waals surface area contributed by atoms with Gasteiger partial charge in [0.15, 0.2) is 5.03 Å². The summed E-state index contributed by atoms with van der Waals surface area (Å²) in [5.41, 5.74) is 0. The molecule has 1 aliphatic rings. The van der Waals surface area contributed by atoms with Crippen molar-refractivity contribution < 1.29 is 18.3 Å². The van der Waals surface area contributed by atoms with Gasteiger partial charge in [0, 0.05) is 19.3 Å². The van der Waals surface area contributed by atoms with Crippen LogP contribution in [0.1, 0.15) is 32.1 Å². The number of hydrogen-bond acceptors (Lipinski definition) is 4. The Morgan fingerprint density at radius 3 is 2.70 bits per heavy atom. The highest BCUT2D eigenvalue weighted by Gasteiger charge is 2.33. The first-order chi connectivity index (χ1) is 9.40. The normalized spacial score (nSPS) is 24.2. The molecule has 0 amide bonds. The summed E-state index contributed by atoms with van der Waals surface area (Å²) in [6.45, 7) is 0. The van der Waals surface area contributed by atoms with Crippen LogP contribution in [0.15, 0.2) is 17.6 Å². The summed E-state index contributed by atoms with van der Waals surface area (Å²) in [7, 11) is -2.09. The SMILES string of the molecule is Cn1cnc(S(=O)(=O)NC2CCCCCC2C(=O)O)c1. The molecule has 1 heterocycles. The zero-order valence-corrected chi connectivity index (χ0v) is 12.1. The van der Waals surface area contributed by atoms with Gasteiger partial charge < -0.3 is 9.67 Å². The number of nitrogens with zero attached hydrogens (tertiary/aromatic N) is 2. The van der Waals surface area contributed by atoms with Crippen LogP contribution in [0, 0.1) is 5.92 Å². The largest absolute Gasteiger partial charge is 0.481 e. The molecular weight excluding hydrogens is 282 g/mol. The number of carboxylic acids is 1. The van der Waals surface area contributed by atoms with E-state index in [0.717, 1.165) is 19.3 Å². The molecule has 112 valence electrons. The molecule has 2 rings (SSSR count). The third-order valence-corrected chi connectivity index (χ3v) is 4.97. The van der Waals surface area contributed by atoms with Gasteiger partial charge in [-0.05, 0) is 12.8 Å². The number of rotatable bonds is 4. The standard InChI is InChI=1S/C12H19N3O4S/c1-15-7-11(13-8-15)20(18,19)14-10-6-4-2-3-5-9(10)12(16)17/h7-10,14H,2-6H2,1H3,(H,16,17). The third-order valence-electron chi connectivity index (χ3n) is 3.60. The summed E-state index contributed by atoms with van der Waals surface area (Å²) in [5.74, 6) is -1.61. The number of imidazole rings is 1. The van der Waals surface area contributed by atoms with Gasteiger partial charge in [-0.1, -0.05) is 19.3 Å².